The molecule has 2 aromatic rings. The van der Waals surface area contributed by atoms with Crippen molar-refractivity contribution in [3.8, 4) is 0 Å². The first-order valence-electron chi connectivity index (χ1n) is 7.38. The molecule has 0 aromatic heterocycles. The van der Waals surface area contributed by atoms with Gasteiger partial charge in [0.15, 0.2) is 0 Å². The van der Waals surface area contributed by atoms with Gasteiger partial charge >= 0.3 is 11.4 Å². The first-order chi connectivity index (χ1) is 11.7. The Kier molecular flexibility index (Phi) is 4.32. The number of aryl methyl sites for hydroxylation is 1. The van der Waals surface area contributed by atoms with Crippen molar-refractivity contribution >= 4 is 15.1 Å². The monoisotopic (exact) mass is 369 g/mol. The van der Waals surface area contributed by atoms with Gasteiger partial charge in [-0.15, -0.1) is 0 Å². The van der Waals surface area contributed by atoms with Crippen molar-refractivity contribution in [2.24, 2.45) is 4.99 Å². The summed E-state index contributed by atoms with van der Waals surface area (Å²) in [5.74, 6) is 0. The van der Waals surface area contributed by atoms with E-state index in [4.69, 9.17) is 4.74 Å². The third kappa shape index (κ3) is 3.53. The molecule has 0 amide bonds. The average Bonchev–Trinajstić information content (AvgIpc) is 3.05. The molecule has 1 aliphatic rings. The molecule has 0 spiro atoms. The normalized spacial score (nSPS) is 17.9. The highest BCUT2D eigenvalue weighted by atomic mass is 32.2. The number of hydrogen-bond acceptors (Lipinski definition) is 4. The molecule has 0 fully saturated rings. The molecule has 0 unspecified atom stereocenters. The minimum absolute atomic E-state index is 0.0335. The Bertz CT molecular complexity index is 902. The summed E-state index contributed by atoms with van der Waals surface area (Å²) in [6.07, 6.45) is -5.15. The summed E-state index contributed by atoms with van der Waals surface area (Å²) in [5.41, 5.74) is 0.574. The number of rotatable bonds is 2. The number of nitrogens with zero attached hydrogens (tertiary/aromatic N) is 1. The van der Waals surface area contributed by atoms with E-state index in [-0.39, 0.29) is 11.4 Å². The number of ether oxygens (including phenoxy) is 1. The van der Waals surface area contributed by atoms with Gasteiger partial charge in [-0.2, -0.15) is 13.2 Å². The third-order valence-electron chi connectivity index (χ3n) is 3.80. The van der Waals surface area contributed by atoms with E-state index in [9.17, 15) is 21.6 Å². The van der Waals surface area contributed by atoms with Crippen LogP contribution in [-0.4, -0.2) is 20.2 Å². The second-order valence-corrected chi connectivity index (χ2v) is 7.48. The summed E-state index contributed by atoms with van der Waals surface area (Å²) >= 11 is 0. The number of hydrogen-bond donors (Lipinski definition) is 0. The second kappa shape index (κ2) is 6.18. The molecule has 2 aromatic carbocycles. The Hall–Kier alpha value is -2.35. The van der Waals surface area contributed by atoms with E-state index >= 15 is 0 Å². The zero-order valence-corrected chi connectivity index (χ0v) is 13.9. The van der Waals surface area contributed by atoms with E-state index < -0.39 is 32.9 Å². The predicted molar refractivity (Wildman–Crippen MR) is 85.9 cm³/mol. The Balaban J connectivity index is 1.78. The predicted octanol–water partition coefficient (Wildman–Crippen LogP) is 3.92. The highest BCUT2D eigenvalue weighted by Crippen LogP contribution is 2.32. The topological polar surface area (TPSA) is 55.7 Å². The maximum atomic E-state index is 12.6. The summed E-state index contributed by atoms with van der Waals surface area (Å²) in [6.45, 7) is 1.87. The van der Waals surface area contributed by atoms with Gasteiger partial charge in [-0.25, -0.2) is 13.4 Å². The zero-order chi connectivity index (χ0) is 18.2. The summed E-state index contributed by atoms with van der Waals surface area (Å²) < 4.78 is 68.2. The number of sulfone groups is 1. The summed E-state index contributed by atoms with van der Waals surface area (Å²) in [4.78, 5) is 3.98. The van der Waals surface area contributed by atoms with Gasteiger partial charge in [-0.05, 0) is 36.8 Å². The van der Waals surface area contributed by atoms with Crippen molar-refractivity contribution in [3.63, 3.8) is 0 Å². The van der Waals surface area contributed by atoms with Crippen LogP contribution < -0.4 is 0 Å². The summed E-state index contributed by atoms with van der Waals surface area (Å²) in [5, 5.41) is -0.416. The zero-order valence-electron chi connectivity index (χ0n) is 13.1. The van der Waals surface area contributed by atoms with Crippen LogP contribution in [0.1, 0.15) is 22.8 Å². The maximum Gasteiger partial charge on any atom is 0.416 e. The average molecular weight is 369 g/mol. The third-order valence-corrected chi connectivity index (χ3v) is 5.38. The van der Waals surface area contributed by atoms with E-state index in [1.807, 2.05) is 6.92 Å². The fraction of sp³-hybridized carbons (Fsp3) is 0.235. The Morgan fingerprint density at radius 1 is 1.04 bits per heavy atom. The van der Waals surface area contributed by atoms with Crippen molar-refractivity contribution in [1.82, 2.24) is 0 Å². The van der Waals surface area contributed by atoms with Gasteiger partial charge in [0.1, 0.15) is 6.10 Å². The molecule has 0 bridgehead atoms. The molecule has 25 heavy (non-hydrogen) atoms. The molecular formula is C17H14F3NO3S. The molecule has 1 heterocycles. The minimum Gasteiger partial charge on any atom is -0.459 e. The summed E-state index contributed by atoms with van der Waals surface area (Å²) in [6, 6.07) is 10.7. The van der Waals surface area contributed by atoms with Crippen LogP contribution in [0.15, 0.2) is 58.4 Å². The SMILES string of the molecule is Cc1ccc(S(=O)(=O)C2=NC[C@@H](c3ccc(C(F)(F)F)cc3)O2)cc1. The number of alkyl halides is 3. The van der Waals surface area contributed by atoms with Gasteiger partial charge in [0, 0.05) is 0 Å². The van der Waals surface area contributed by atoms with Crippen LogP contribution in [0, 0.1) is 6.92 Å². The van der Waals surface area contributed by atoms with Crippen LogP contribution in [0.2, 0.25) is 0 Å². The van der Waals surface area contributed by atoms with Crippen LogP contribution in [0.5, 0.6) is 0 Å². The first kappa shape index (κ1) is 17.5. The van der Waals surface area contributed by atoms with Gasteiger partial charge in [0.2, 0.25) is 0 Å². The molecule has 0 saturated carbocycles. The fourth-order valence-corrected chi connectivity index (χ4v) is 3.56. The molecule has 1 aliphatic heterocycles. The second-order valence-electron chi connectivity index (χ2n) is 5.65. The molecule has 3 rings (SSSR count). The largest absolute Gasteiger partial charge is 0.459 e. The van der Waals surface area contributed by atoms with Gasteiger partial charge in [0.05, 0.1) is 17.0 Å². The van der Waals surface area contributed by atoms with Crippen LogP contribution in [0.4, 0.5) is 13.2 Å². The van der Waals surface area contributed by atoms with Crippen molar-refractivity contribution in [2.45, 2.75) is 24.1 Å². The van der Waals surface area contributed by atoms with Crippen molar-refractivity contribution in [2.75, 3.05) is 6.54 Å². The lowest BCUT2D eigenvalue weighted by Crippen LogP contribution is -2.16. The van der Waals surface area contributed by atoms with Gasteiger partial charge in [-0.3, -0.25) is 0 Å². The Labute approximate surface area is 142 Å². The highest BCUT2D eigenvalue weighted by Gasteiger charge is 2.34. The summed E-state index contributed by atoms with van der Waals surface area (Å²) in [7, 11) is -3.88. The molecule has 4 nitrogen and oxygen atoms in total. The number of aliphatic imine (C=N–C) groups is 1. The molecule has 132 valence electrons. The van der Waals surface area contributed by atoms with Gasteiger partial charge in [-0.1, -0.05) is 29.8 Å². The molecule has 1 atom stereocenters. The maximum absolute atomic E-state index is 12.6. The fourth-order valence-electron chi connectivity index (χ4n) is 2.38. The Morgan fingerprint density at radius 2 is 1.64 bits per heavy atom. The smallest absolute Gasteiger partial charge is 0.416 e. The van der Waals surface area contributed by atoms with E-state index in [2.05, 4.69) is 4.99 Å². The molecule has 0 N–H and O–H groups in total. The van der Waals surface area contributed by atoms with Crippen molar-refractivity contribution < 1.29 is 26.3 Å². The van der Waals surface area contributed by atoms with Gasteiger partial charge in [0.25, 0.3) is 9.84 Å². The van der Waals surface area contributed by atoms with E-state index in [1.165, 1.54) is 24.3 Å². The van der Waals surface area contributed by atoms with Crippen LogP contribution >= 0.6 is 0 Å². The lowest BCUT2D eigenvalue weighted by Gasteiger charge is -2.13. The van der Waals surface area contributed by atoms with Crippen LogP contribution in [0.3, 0.4) is 0 Å². The highest BCUT2D eigenvalue weighted by molar-refractivity contribution is 8.06. The van der Waals surface area contributed by atoms with Crippen LogP contribution in [-0.2, 0) is 20.8 Å². The van der Waals surface area contributed by atoms with Crippen molar-refractivity contribution in [3.05, 3.63) is 65.2 Å². The minimum atomic E-state index is -4.43. The molecular weight excluding hydrogens is 355 g/mol. The number of benzene rings is 2. The van der Waals surface area contributed by atoms with E-state index in [0.29, 0.717) is 5.56 Å². The lowest BCUT2D eigenvalue weighted by atomic mass is 10.1. The molecule has 8 heteroatoms. The quantitative estimate of drug-likeness (QED) is 0.806. The molecule has 0 saturated heterocycles. The van der Waals surface area contributed by atoms with E-state index in [0.717, 1.165) is 17.7 Å². The van der Waals surface area contributed by atoms with Crippen LogP contribution in [0.25, 0.3) is 0 Å². The standard InChI is InChI=1S/C17H14F3NO3S/c1-11-2-8-14(9-3-11)25(22,23)16-21-10-15(24-16)12-4-6-13(7-5-12)17(18,19)20/h2-9,15H,10H2,1H3/t15-/m0/s1. The van der Waals surface area contributed by atoms with Crippen molar-refractivity contribution in [1.29, 1.82) is 0 Å². The van der Waals surface area contributed by atoms with E-state index in [1.54, 1.807) is 12.1 Å². The van der Waals surface area contributed by atoms with Gasteiger partial charge < -0.3 is 4.74 Å². The molecule has 0 radical (unpaired) electrons. The molecule has 0 aliphatic carbocycles. The Morgan fingerprint density at radius 3 is 2.20 bits per heavy atom. The lowest BCUT2D eigenvalue weighted by molar-refractivity contribution is -0.137. The number of halogens is 3. The first-order valence-corrected chi connectivity index (χ1v) is 8.86.